The minimum atomic E-state index is -0.336. The Morgan fingerprint density at radius 1 is 1.17 bits per heavy atom. The lowest BCUT2D eigenvalue weighted by atomic mass is 9.89. The van der Waals surface area contributed by atoms with Crippen molar-refractivity contribution in [2.75, 3.05) is 31.6 Å². The number of hydrogen-bond acceptors (Lipinski definition) is 5. The van der Waals surface area contributed by atoms with E-state index in [0.717, 1.165) is 42.7 Å². The van der Waals surface area contributed by atoms with Gasteiger partial charge in [0.05, 0.1) is 0 Å². The summed E-state index contributed by atoms with van der Waals surface area (Å²) in [7, 11) is 0. The highest BCUT2D eigenvalue weighted by Gasteiger charge is 2.20. The first kappa shape index (κ1) is 20.3. The number of nitrogens with one attached hydrogen (secondary N) is 1. The number of anilines is 2. The summed E-state index contributed by atoms with van der Waals surface area (Å²) in [5.41, 5.74) is 8.26. The van der Waals surface area contributed by atoms with Crippen LogP contribution < -0.4 is 11.1 Å². The van der Waals surface area contributed by atoms with Crippen LogP contribution in [0.3, 0.4) is 0 Å². The number of benzene rings is 1. The maximum absolute atomic E-state index is 12.5. The fourth-order valence-corrected chi connectivity index (χ4v) is 4.02. The Morgan fingerprint density at radius 3 is 2.63 bits per heavy atom. The molecule has 4 rings (SSSR count). The Labute approximate surface area is 175 Å². The molecule has 1 aliphatic rings. The molecule has 1 fully saturated rings. The zero-order valence-electron chi connectivity index (χ0n) is 16.9. The van der Waals surface area contributed by atoms with Crippen LogP contribution in [-0.2, 0) is 11.3 Å². The van der Waals surface area contributed by atoms with Crippen molar-refractivity contribution in [1.29, 1.82) is 0 Å². The molecular formula is C22H27FN6O. The molecule has 1 aromatic carbocycles. The van der Waals surface area contributed by atoms with Gasteiger partial charge in [-0.3, -0.25) is 4.79 Å². The number of alkyl halides is 1. The fraction of sp³-hybridized carbons (Fsp3) is 0.409. The lowest BCUT2D eigenvalue weighted by Gasteiger charge is -2.31. The van der Waals surface area contributed by atoms with Crippen molar-refractivity contribution in [3.8, 4) is 0 Å². The molecule has 3 N–H and O–H groups in total. The molecule has 0 spiro atoms. The van der Waals surface area contributed by atoms with Gasteiger partial charge in [-0.25, -0.2) is 9.37 Å². The number of likely N-dealkylation sites (tertiary alicyclic amines) is 1. The average Bonchev–Trinajstić information content (AvgIpc) is 3.16. The SMILES string of the molecule is NC(=O)CCn1ccc2cnc(Nc3ccc(C4CCN(CCF)CC4)cc3)nc21. The normalized spacial score (nSPS) is 15.5. The van der Waals surface area contributed by atoms with Crippen molar-refractivity contribution >= 4 is 28.6 Å². The van der Waals surface area contributed by atoms with Crippen LogP contribution in [0, 0.1) is 0 Å². The molecule has 3 aromatic rings. The molecule has 0 aliphatic carbocycles. The van der Waals surface area contributed by atoms with Gasteiger partial charge >= 0.3 is 0 Å². The number of aromatic nitrogens is 3. The Balaban J connectivity index is 1.41. The van der Waals surface area contributed by atoms with Crippen LogP contribution in [-0.4, -0.2) is 51.7 Å². The molecule has 0 atom stereocenters. The van der Waals surface area contributed by atoms with Crippen molar-refractivity contribution in [2.45, 2.75) is 31.7 Å². The Bertz CT molecular complexity index is 995. The van der Waals surface area contributed by atoms with Crippen molar-refractivity contribution in [1.82, 2.24) is 19.4 Å². The van der Waals surface area contributed by atoms with Crippen molar-refractivity contribution in [3.63, 3.8) is 0 Å². The van der Waals surface area contributed by atoms with E-state index in [9.17, 15) is 9.18 Å². The monoisotopic (exact) mass is 410 g/mol. The zero-order chi connectivity index (χ0) is 20.9. The van der Waals surface area contributed by atoms with E-state index in [2.05, 4.69) is 32.3 Å². The van der Waals surface area contributed by atoms with Crippen LogP contribution >= 0.6 is 0 Å². The van der Waals surface area contributed by atoms with Gasteiger partial charge in [0.1, 0.15) is 12.3 Å². The first-order valence-electron chi connectivity index (χ1n) is 10.4. The van der Waals surface area contributed by atoms with E-state index in [0.29, 0.717) is 25.0 Å². The summed E-state index contributed by atoms with van der Waals surface area (Å²) in [5, 5.41) is 4.17. The van der Waals surface area contributed by atoms with Gasteiger partial charge in [-0.1, -0.05) is 12.1 Å². The highest BCUT2D eigenvalue weighted by molar-refractivity contribution is 5.77. The molecule has 30 heavy (non-hydrogen) atoms. The summed E-state index contributed by atoms with van der Waals surface area (Å²) >= 11 is 0. The molecule has 0 bridgehead atoms. The Hall–Kier alpha value is -3.00. The number of amides is 1. The van der Waals surface area contributed by atoms with E-state index < -0.39 is 0 Å². The molecule has 8 heteroatoms. The number of rotatable bonds is 8. The van der Waals surface area contributed by atoms with Gasteiger partial charge < -0.3 is 20.5 Å². The summed E-state index contributed by atoms with van der Waals surface area (Å²) in [6.07, 6.45) is 6.05. The van der Waals surface area contributed by atoms with E-state index in [1.807, 2.05) is 29.0 Å². The highest BCUT2D eigenvalue weighted by atomic mass is 19.1. The topological polar surface area (TPSA) is 89.1 Å². The number of hydrogen-bond donors (Lipinski definition) is 2. The third kappa shape index (κ3) is 4.76. The number of nitrogens with zero attached hydrogens (tertiary/aromatic N) is 4. The van der Waals surface area contributed by atoms with Gasteiger partial charge in [-0.15, -0.1) is 0 Å². The summed E-state index contributed by atoms with van der Waals surface area (Å²) in [4.78, 5) is 22.3. The van der Waals surface area contributed by atoms with Crippen LogP contribution in [0.1, 0.15) is 30.7 Å². The van der Waals surface area contributed by atoms with Crippen molar-refractivity contribution in [2.24, 2.45) is 5.73 Å². The van der Waals surface area contributed by atoms with Gasteiger partial charge in [0.2, 0.25) is 11.9 Å². The summed E-state index contributed by atoms with van der Waals surface area (Å²) in [5.74, 6) is 0.697. The first-order chi connectivity index (χ1) is 14.6. The third-order valence-corrected chi connectivity index (χ3v) is 5.73. The predicted octanol–water partition coefficient (Wildman–Crippen LogP) is 3.20. The van der Waals surface area contributed by atoms with E-state index in [4.69, 9.17) is 5.73 Å². The van der Waals surface area contributed by atoms with Crippen molar-refractivity contribution < 1.29 is 9.18 Å². The largest absolute Gasteiger partial charge is 0.370 e. The van der Waals surface area contributed by atoms with Gasteiger partial charge in [-0.05, 0) is 55.6 Å². The van der Waals surface area contributed by atoms with Gasteiger partial charge in [0.15, 0.2) is 0 Å². The summed E-state index contributed by atoms with van der Waals surface area (Å²) in [6.45, 7) is 2.68. The second-order valence-electron chi connectivity index (χ2n) is 7.75. The van der Waals surface area contributed by atoms with Crippen LogP contribution in [0.4, 0.5) is 16.0 Å². The number of piperidine rings is 1. The highest BCUT2D eigenvalue weighted by Crippen LogP contribution is 2.29. The Morgan fingerprint density at radius 2 is 1.93 bits per heavy atom. The molecule has 0 radical (unpaired) electrons. The molecule has 2 aromatic heterocycles. The molecule has 1 aliphatic heterocycles. The van der Waals surface area contributed by atoms with Gasteiger partial charge in [0, 0.05) is 43.0 Å². The van der Waals surface area contributed by atoms with Crippen LogP contribution in [0.5, 0.6) is 0 Å². The summed E-state index contributed by atoms with van der Waals surface area (Å²) in [6, 6.07) is 10.3. The van der Waals surface area contributed by atoms with E-state index in [1.165, 1.54) is 5.56 Å². The smallest absolute Gasteiger partial charge is 0.229 e. The van der Waals surface area contributed by atoms with Crippen LogP contribution in [0.15, 0.2) is 42.7 Å². The maximum atomic E-state index is 12.5. The molecule has 158 valence electrons. The third-order valence-electron chi connectivity index (χ3n) is 5.73. The number of nitrogens with two attached hydrogens (primary N) is 1. The molecule has 3 heterocycles. The van der Waals surface area contributed by atoms with Crippen LogP contribution in [0.2, 0.25) is 0 Å². The quantitative estimate of drug-likeness (QED) is 0.595. The first-order valence-corrected chi connectivity index (χ1v) is 10.4. The van der Waals surface area contributed by atoms with E-state index >= 15 is 0 Å². The molecular weight excluding hydrogens is 383 g/mol. The fourth-order valence-electron chi connectivity index (χ4n) is 4.02. The second-order valence-corrected chi connectivity index (χ2v) is 7.75. The van der Waals surface area contributed by atoms with Crippen molar-refractivity contribution in [3.05, 3.63) is 48.3 Å². The number of fused-ring (bicyclic) bond motifs is 1. The number of halogens is 1. The standard InChI is InChI=1S/C22H27FN6O/c23-9-14-28-10-5-17(6-11-28)16-1-3-19(4-2-16)26-22-25-15-18-7-12-29(21(18)27-22)13-8-20(24)30/h1-4,7,12,15,17H,5-6,8-11,13-14H2,(H2,24,30)(H,25,26,27). The summed E-state index contributed by atoms with van der Waals surface area (Å²) < 4.78 is 14.4. The van der Waals surface area contributed by atoms with Gasteiger partial charge in [-0.2, -0.15) is 4.98 Å². The average molecular weight is 410 g/mol. The molecule has 0 unspecified atom stereocenters. The minimum absolute atomic E-state index is 0.269. The van der Waals surface area contributed by atoms with E-state index in [1.54, 1.807) is 6.20 Å². The van der Waals surface area contributed by atoms with Gasteiger partial charge in [0.25, 0.3) is 0 Å². The maximum Gasteiger partial charge on any atom is 0.229 e. The lowest BCUT2D eigenvalue weighted by Crippen LogP contribution is -2.34. The zero-order valence-corrected chi connectivity index (χ0v) is 16.9. The number of carbonyl (C=O) groups excluding carboxylic acids is 1. The molecule has 0 saturated carbocycles. The minimum Gasteiger partial charge on any atom is -0.370 e. The predicted molar refractivity (Wildman–Crippen MR) is 115 cm³/mol. The second kappa shape index (κ2) is 9.21. The van der Waals surface area contributed by atoms with E-state index in [-0.39, 0.29) is 19.0 Å². The Kier molecular flexibility index (Phi) is 6.23. The van der Waals surface area contributed by atoms with Crippen LogP contribution in [0.25, 0.3) is 11.0 Å². The molecule has 7 nitrogen and oxygen atoms in total. The number of primary amides is 1. The lowest BCUT2D eigenvalue weighted by molar-refractivity contribution is -0.118. The molecule has 1 saturated heterocycles. The number of carbonyl (C=O) groups is 1. The number of aryl methyl sites for hydroxylation is 1. The molecule has 1 amide bonds.